The number of aliphatic hydroxyl groups is 1. The molecule has 2 N–H and O–H groups in total. The van der Waals surface area contributed by atoms with Gasteiger partial charge < -0.3 is 10.0 Å². The van der Waals surface area contributed by atoms with E-state index in [-0.39, 0.29) is 6.10 Å². The van der Waals surface area contributed by atoms with Crippen LogP contribution in [-0.2, 0) is 6.42 Å². The van der Waals surface area contributed by atoms with E-state index in [1.54, 1.807) is 11.8 Å². The van der Waals surface area contributed by atoms with Crippen LogP contribution in [0, 0.1) is 0 Å². The summed E-state index contributed by atoms with van der Waals surface area (Å²) in [5.74, 6) is 0. The fraction of sp³-hybridized carbons (Fsp3) is 0.280. The van der Waals surface area contributed by atoms with Crippen LogP contribution in [0.1, 0.15) is 12.0 Å². The summed E-state index contributed by atoms with van der Waals surface area (Å²) in [6.07, 6.45) is 9.92. The molecule has 0 aliphatic carbocycles. The number of β-amino-alcohol motifs (C(OH)–C–C–N with tert-alkyl or cyclic N) is 1. The van der Waals surface area contributed by atoms with E-state index in [1.807, 2.05) is 16.9 Å². The van der Waals surface area contributed by atoms with Gasteiger partial charge in [-0.2, -0.15) is 0 Å². The van der Waals surface area contributed by atoms with Gasteiger partial charge in [0.15, 0.2) is 6.20 Å². The number of aromatic nitrogens is 3. The van der Waals surface area contributed by atoms with Crippen molar-refractivity contribution in [3.05, 3.63) is 72.7 Å². The molecule has 0 bridgehead atoms. The number of aliphatic hydroxyl groups excluding tert-OH is 1. The van der Waals surface area contributed by atoms with Gasteiger partial charge in [-0.05, 0) is 52.9 Å². The number of thioether (sulfide) groups is 1. The van der Waals surface area contributed by atoms with Gasteiger partial charge >= 0.3 is 5.65 Å². The van der Waals surface area contributed by atoms with Gasteiger partial charge in [0.05, 0.1) is 23.4 Å². The Kier molecular flexibility index (Phi) is 5.76. The molecular formula is C25H27N4OS+. The smallest absolute Gasteiger partial charge is 0.355 e. The lowest BCUT2D eigenvalue weighted by Gasteiger charge is -2.14. The average molecular weight is 432 g/mol. The molecule has 1 aliphatic heterocycles. The summed E-state index contributed by atoms with van der Waals surface area (Å²) in [6.45, 7) is 2.81. The first-order chi connectivity index (χ1) is 15.2. The Hall–Kier alpha value is -2.67. The summed E-state index contributed by atoms with van der Waals surface area (Å²) < 4.78 is 1.99. The third-order valence-electron chi connectivity index (χ3n) is 6.04. The summed E-state index contributed by atoms with van der Waals surface area (Å²) in [5, 5.41) is 13.0. The molecule has 0 amide bonds. The first-order valence-electron chi connectivity index (χ1n) is 10.7. The molecule has 0 radical (unpaired) electrons. The van der Waals surface area contributed by atoms with Crippen molar-refractivity contribution >= 4 is 17.4 Å². The number of nitrogens with zero attached hydrogens (tertiary/aromatic N) is 3. The van der Waals surface area contributed by atoms with E-state index in [0.717, 1.165) is 54.8 Å². The molecule has 2 aromatic heterocycles. The number of rotatable bonds is 6. The zero-order chi connectivity index (χ0) is 21.2. The van der Waals surface area contributed by atoms with Crippen LogP contribution in [0.5, 0.6) is 0 Å². The summed E-state index contributed by atoms with van der Waals surface area (Å²) >= 11 is 1.75. The molecule has 5 rings (SSSR count). The van der Waals surface area contributed by atoms with Crippen molar-refractivity contribution < 1.29 is 9.62 Å². The largest absolute Gasteiger partial charge is 0.392 e. The molecule has 1 aliphatic rings. The van der Waals surface area contributed by atoms with Crippen LogP contribution in [0.2, 0.25) is 0 Å². The Morgan fingerprint density at radius 2 is 2.03 bits per heavy atom. The van der Waals surface area contributed by atoms with Crippen LogP contribution < -0.4 is 4.52 Å². The highest BCUT2D eigenvalue weighted by molar-refractivity contribution is 7.98. The van der Waals surface area contributed by atoms with Gasteiger partial charge in [-0.3, -0.25) is 0 Å². The second kappa shape index (κ2) is 8.83. The summed E-state index contributed by atoms with van der Waals surface area (Å²) in [6, 6.07) is 17.3. The van der Waals surface area contributed by atoms with Gasteiger partial charge in [0, 0.05) is 24.5 Å². The van der Waals surface area contributed by atoms with Crippen molar-refractivity contribution in [1.82, 2.24) is 15.0 Å². The van der Waals surface area contributed by atoms with Crippen molar-refractivity contribution in [3.8, 4) is 22.3 Å². The van der Waals surface area contributed by atoms with Crippen LogP contribution in [0.4, 0.5) is 0 Å². The van der Waals surface area contributed by atoms with Crippen LogP contribution >= 0.6 is 11.8 Å². The maximum atomic E-state index is 9.67. The fourth-order valence-corrected chi connectivity index (χ4v) is 4.70. The van der Waals surface area contributed by atoms with E-state index >= 15 is 0 Å². The molecule has 1 saturated heterocycles. The topological polar surface area (TPSA) is 56.2 Å². The molecule has 5 nitrogen and oxygen atoms in total. The summed E-state index contributed by atoms with van der Waals surface area (Å²) in [4.78, 5) is 8.35. The van der Waals surface area contributed by atoms with E-state index in [0.29, 0.717) is 0 Å². The number of fused-ring (bicyclic) bond motifs is 1. The molecule has 6 heteroatoms. The molecule has 1 atom stereocenters. The van der Waals surface area contributed by atoms with E-state index < -0.39 is 0 Å². The monoisotopic (exact) mass is 431 g/mol. The zero-order valence-electron chi connectivity index (χ0n) is 17.7. The van der Waals surface area contributed by atoms with Crippen molar-refractivity contribution in [2.75, 3.05) is 25.9 Å². The predicted molar refractivity (Wildman–Crippen MR) is 125 cm³/mol. The second-order valence-corrected chi connectivity index (χ2v) is 9.03. The summed E-state index contributed by atoms with van der Waals surface area (Å²) in [7, 11) is 0. The van der Waals surface area contributed by atoms with Crippen molar-refractivity contribution in [2.45, 2.75) is 23.8 Å². The Bertz CT molecular complexity index is 1190. The van der Waals surface area contributed by atoms with Gasteiger partial charge in [-0.25, -0.2) is 5.10 Å². The van der Waals surface area contributed by atoms with Crippen LogP contribution in [-0.4, -0.2) is 52.1 Å². The highest BCUT2D eigenvalue weighted by Crippen LogP contribution is 2.26. The first-order valence-corrected chi connectivity index (χ1v) is 11.9. The first kappa shape index (κ1) is 20.2. The lowest BCUT2D eigenvalue weighted by Crippen LogP contribution is -2.24. The fourth-order valence-electron chi connectivity index (χ4n) is 4.24. The predicted octanol–water partition coefficient (Wildman–Crippen LogP) is 3.81. The van der Waals surface area contributed by atoms with Crippen LogP contribution in [0.15, 0.2) is 72.0 Å². The lowest BCUT2D eigenvalue weighted by atomic mass is 10.0. The molecule has 158 valence electrons. The molecule has 3 heterocycles. The number of hydrogen-bond acceptors (Lipinski definition) is 4. The number of aromatic amines is 1. The third kappa shape index (κ3) is 4.37. The number of likely N-dealkylation sites (tertiary alicyclic amines) is 1. The Morgan fingerprint density at radius 1 is 1.16 bits per heavy atom. The molecule has 0 spiro atoms. The standard InChI is InChI=1S/C25H26N4OS/c1-31-23-4-2-3-20(13-23)24-15-27-29-16-21(14-26-25(24)29)19-7-5-18(6-8-19)9-11-28-12-10-22(30)17-28/h2-8,13-16,22,30H,9-12,17H2,1H3/p+1. The minimum Gasteiger partial charge on any atom is -0.392 e. The maximum absolute atomic E-state index is 9.67. The summed E-state index contributed by atoms with van der Waals surface area (Å²) in [5.41, 5.74) is 6.75. The molecule has 1 unspecified atom stereocenters. The Balaban J connectivity index is 1.33. The van der Waals surface area contributed by atoms with E-state index in [1.165, 1.54) is 16.0 Å². The minimum atomic E-state index is -0.148. The van der Waals surface area contributed by atoms with E-state index in [2.05, 4.69) is 71.0 Å². The minimum absolute atomic E-state index is 0.148. The van der Waals surface area contributed by atoms with Gasteiger partial charge in [0.2, 0.25) is 0 Å². The number of hydrogen-bond donors (Lipinski definition) is 2. The molecule has 4 aromatic rings. The SMILES string of the molecule is CSc1cccc(-c2c[nH][n+]3cc(-c4ccc(CCN5CCC(O)C5)cc4)cnc23)c1. The molecule has 2 aromatic carbocycles. The molecule has 31 heavy (non-hydrogen) atoms. The van der Waals surface area contributed by atoms with Gasteiger partial charge in [0.25, 0.3) is 0 Å². The highest BCUT2D eigenvalue weighted by Gasteiger charge is 2.20. The van der Waals surface area contributed by atoms with Crippen molar-refractivity contribution in [3.63, 3.8) is 0 Å². The molecular weight excluding hydrogens is 404 g/mol. The zero-order valence-corrected chi connectivity index (χ0v) is 18.5. The molecule has 1 fully saturated rings. The maximum Gasteiger partial charge on any atom is 0.355 e. The lowest BCUT2D eigenvalue weighted by molar-refractivity contribution is -0.578. The number of nitrogens with one attached hydrogen (secondary N) is 1. The van der Waals surface area contributed by atoms with Gasteiger partial charge in [-0.15, -0.1) is 16.3 Å². The Morgan fingerprint density at radius 3 is 2.81 bits per heavy atom. The quantitative estimate of drug-likeness (QED) is 0.360. The highest BCUT2D eigenvalue weighted by atomic mass is 32.2. The Labute approximate surface area is 186 Å². The van der Waals surface area contributed by atoms with Crippen LogP contribution in [0.3, 0.4) is 0 Å². The normalized spacial score (nSPS) is 16.9. The van der Waals surface area contributed by atoms with Gasteiger partial charge in [-0.1, -0.05) is 36.4 Å². The third-order valence-corrected chi connectivity index (χ3v) is 6.77. The van der Waals surface area contributed by atoms with Crippen molar-refractivity contribution in [2.24, 2.45) is 0 Å². The number of benzene rings is 2. The van der Waals surface area contributed by atoms with Crippen molar-refractivity contribution in [1.29, 1.82) is 0 Å². The average Bonchev–Trinajstić information content (AvgIpc) is 3.43. The van der Waals surface area contributed by atoms with E-state index in [4.69, 9.17) is 4.98 Å². The molecule has 0 saturated carbocycles. The van der Waals surface area contributed by atoms with Crippen LogP contribution in [0.25, 0.3) is 27.9 Å². The number of H-pyrrole nitrogens is 1. The van der Waals surface area contributed by atoms with Gasteiger partial charge in [0.1, 0.15) is 6.20 Å². The van der Waals surface area contributed by atoms with E-state index in [9.17, 15) is 5.11 Å². The second-order valence-electron chi connectivity index (χ2n) is 8.15.